The summed E-state index contributed by atoms with van der Waals surface area (Å²) < 4.78 is 0. The first-order valence-corrected chi connectivity index (χ1v) is 8.66. The zero-order chi connectivity index (χ0) is 16.2. The molecule has 0 bridgehead atoms. The summed E-state index contributed by atoms with van der Waals surface area (Å²) >= 11 is 0. The van der Waals surface area contributed by atoms with Gasteiger partial charge in [0.2, 0.25) is 0 Å². The highest BCUT2D eigenvalue weighted by molar-refractivity contribution is 5.74. The zero-order valence-electron chi connectivity index (χ0n) is 14.2. The minimum Gasteiger partial charge on any atom is -0.338 e. The van der Waals surface area contributed by atoms with Gasteiger partial charge < -0.3 is 10.2 Å². The number of amides is 2. The van der Waals surface area contributed by atoms with Crippen LogP contribution in [0, 0.1) is 12.8 Å². The molecule has 1 aliphatic carbocycles. The van der Waals surface area contributed by atoms with Gasteiger partial charge in [-0.15, -0.1) is 0 Å². The van der Waals surface area contributed by atoms with Crippen molar-refractivity contribution >= 4 is 6.03 Å². The lowest BCUT2D eigenvalue weighted by atomic mass is 10.1. The van der Waals surface area contributed by atoms with Gasteiger partial charge >= 0.3 is 6.03 Å². The predicted octanol–water partition coefficient (Wildman–Crippen LogP) is 1.45. The third-order valence-electron chi connectivity index (χ3n) is 4.58. The van der Waals surface area contributed by atoms with Crippen LogP contribution in [0.4, 0.5) is 4.79 Å². The molecule has 6 nitrogen and oxygen atoms in total. The highest BCUT2D eigenvalue weighted by Gasteiger charge is 2.32. The van der Waals surface area contributed by atoms with Crippen molar-refractivity contribution in [2.24, 2.45) is 5.92 Å². The molecule has 2 fully saturated rings. The molecule has 1 aromatic heterocycles. The number of urea groups is 1. The number of aromatic nitrogens is 2. The van der Waals surface area contributed by atoms with Gasteiger partial charge in [0.05, 0.1) is 11.4 Å². The third-order valence-corrected chi connectivity index (χ3v) is 4.58. The van der Waals surface area contributed by atoms with Crippen LogP contribution in [0.3, 0.4) is 0 Å². The molecule has 0 spiro atoms. The molecule has 1 N–H and O–H groups in total. The number of rotatable bonds is 4. The molecule has 2 heterocycles. The van der Waals surface area contributed by atoms with E-state index in [9.17, 15) is 4.79 Å². The Hall–Kier alpha value is -1.69. The van der Waals surface area contributed by atoms with E-state index in [1.807, 2.05) is 11.8 Å². The maximum atomic E-state index is 12.4. The van der Waals surface area contributed by atoms with Gasteiger partial charge in [0.25, 0.3) is 0 Å². The van der Waals surface area contributed by atoms with Crippen molar-refractivity contribution in [3.8, 4) is 0 Å². The Morgan fingerprint density at radius 1 is 1.26 bits per heavy atom. The summed E-state index contributed by atoms with van der Waals surface area (Å²) in [5.74, 6) is 0.534. The molecule has 1 unspecified atom stereocenters. The Morgan fingerprint density at radius 2 is 2.09 bits per heavy atom. The van der Waals surface area contributed by atoms with Gasteiger partial charge in [-0.2, -0.15) is 0 Å². The SMILES string of the molecule is Cc1cnc(CCNC(=O)N2CCN(C3CC3)CC(C)C2)cn1. The van der Waals surface area contributed by atoms with E-state index in [1.54, 1.807) is 12.4 Å². The van der Waals surface area contributed by atoms with Gasteiger partial charge in [0, 0.05) is 57.6 Å². The van der Waals surface area contributed by atoms with Crippen molar-refractivity contribution in [1.29, 1.82) is 0 Å². The van der Waals surface area contributed by atoms with Gasteiger partial charge in [-0.3, -0.25) is 14.9 Å². The van der Waals surface area contributed by atoms with E-state index in [4.69, 9.17) is 0 Å². The summed E-state index contributed by atoms with van der Waals surface area (Å²) in [6.07, 6.45) is 6.92. The average molecular weight is 317 g/mol. The van der Waals surface area contributed by atoms with Crippen molar-refractivity contribution in [3.63, 3.8) is 0 Å². The van der Waals surface area contributed by atoms with Crippen LogP contribution < -0.4 is 5.32 Å². The van der Waals surface area contributed by atoms with Crippen molar-refractivity contribution < 1.29 is 4.79 Å². The van der Waals surface area contributed by atoms with Crippen LogP contribution in [0.2, 0.25) is 0 Å². The van der Waals surface area contributed by atoms with Crippen molar-refractivity contribution in [2.45, 2.75) is 39.2 Å². The van der Waals surface area contributed by atoms with E-state index in [-0.39, 0.29) is 6.03 Å². The van der Waals surface area contributed by atoms with Crippen LogP contribution in [0.5, 0.6) is 0 Å². The first kappa shape index (κ1) is 16.2. The molecule has 0 aromatic carbocycles. The zero-order valence-corrected chi connectivity index (χ0v) is 14.2. The summed E-state index contributed by atoms with van der Waals surface area (Å²) in [7, 11) is 0. The Morgan fingerprint density at radius 3 is 2.78 bits per heavy atom. The molecule has 2 aliphatic rings. The molecule has 3 rings (SSSR count). The Kier molecular flexibility index (Phi) is 5.10. The first-order valence-electron chi connectivity index (χ1n) is 8.66. The first-order chi connectivity index (χ1) is 11.1. The molecule has 6 heteroatoms. The molecule has 2 amide bonds. The molecular formula is C17H27N5O. The van der Waals surface area contributed by atoms with E-state index in [0.717, 1.165) is 50.0 Å². The van der Waals surface area contributed by atoms with Crippen LogP contribution in [-0.2, 0) is 6.42 Å². The fraction of sp³-hybridized carbons (Fsp3) is 0.706. The van der Waals surface area contributed by atoms with Crippen molar-refractivity contribution in [2.75, 3.05) is 32.7 Å². The van der Waals surface area contributed by atoms with Gasteiger partial charge in [0.1, 0.15) is 0 Å². The highest BCUT2D eigenvalue weighted by Crippen LogP contribution is 2.28. The summed E-state index contributed by atoms with van der Waals surface area (Å²) in [5, 5.41) is 3.02. The van der Waals surface area contributed by atoms with E-state index in [1.165, 1.54) is 12.8 Å². The lowest BCUT2D eigenvalue weighted by Crippen LogP contribution is -2.43. The van der Waals surface area contributed by atoms with Crippen LogP contribution in [0.15, 0.2) is 12.4 Å². The van der Waals surface area contributed by atoms with E-state index >= 15 is 0 Å². The second-order valence-corrected chi connectivity index (χ2v) is 6.91. The molecule has 1 saturated heterocycles. The number of carbonyl (C=O) groups is 1. The van der Waals surface area contributed by atoms with Crippen LogP contribution >= 0.6 is 0 Å². The maximum absolute atomic E-state index is 12.4. The number of aryl methyl sites for hydroxylation is 1. The molecule has 1 saturated carbocycles. The number of carbonyl (C=O) groups excluding carboxylic acids is 1. The number of hydrogen-bond donors (Lipinski definition) is 1. The molecule has 1 atom stereocenters. The molecule has 0 radical (unpaired) electrons. The summed E-state index contributed by atoms with van der Waals surface area (Å²) in [6, 6.07) is 0.829. The summed E-state index contributed by atoms with van der Waals surface area (Å²) in [5.41, 5.74) is 1.83. The van der Waals surface area contributed by atoms with Gasteiger partial charge in [0.15, 0.2) is 0 Å². The van der Waals surface area contributed by atoms with Gasteiger partial charge in [-0.1, -0.05) is 6.92 Å². The van der Waals surface area contributed by atoms with E-state index in [0.29, 0.717) is 12.5 Å². The van der Waals surface area contributed by atoms with Crippen molar-refractivity contribution in [1.82, 2.24) is 25.1 Å². The predicted molar refractivity (Wildman–Crippen MR) is 89.2 cm³/mol. The minimum absolute atomic E-state index is 0.0505. The number of hydrogen-bond acceptors (Lipinski definition) is 4. The van der Waals surface area contributed by atoms with Gasteiger partial charge in [-0.05, 0) is 25.7 Å². The standard InChI is InChI=1S/C17H27N5O/c1-13-11-21(16-3-4-16)7-8-22(12-13)17(23)18-6-5-15-10-19-14(2)9-20-15/h9-10,13,16H,3-8,11-12H2,1-2H3,(H,18,23). The smallest absolute Gasteiger partial charge is 0.317 e. The molecule has 126 valence electrons. The number of nitrogens with zero attached hydrogens (tertiary/aromatic N) is 4. The van der Waals surface area contributed by atoms with Crippen molar-refractivity contribution in [3.05, 3.63) is 23.8 Å². The molecule has 1 aliphatic heterocycles. The topological polar surface area (TPSA) is 61.4 Å². The quantitative estimate of drug-likeness (QED) is 0.913. The second kappa shape index (κ2) is 7.25. The fourth-order valence-corrected chi connectivity index (χ4v) is 3.18. The largest absolute Gasteiger partial charge is 0.338 e. The van der Waals surface area contributed by atoms with Crippen LogP contribution in [0.1, 0.15) is 31.2 Å². The number of nitrogens with one attached hydrogen (secondary N) is 1. The summed E-state index contributed by atoms with van der Waals surface area (Å²) in [6.45, 7) is 8.57. The molecule has 1 aromatic rings. The minimum atomic E-state index is 0.0505. The fourth-order valence-electron chi connectivity index (χ4n) is 3.18. The lowest BCUT2D eigenvalue weighted by Gasteiger charge is -2.22. The Labute approximate surface area is 138 Å². The van der Waals surface area contributed by atoms with Crippen LogP contribution in [-0.4, -0.2) is 64.6 Å². The normalized spacial score (nSPS) is 22.7. The molecule has 23 heavy (non-hydrogen) atoms. The second-order valence-electron chi connectivity index (χ2n) is 6.91. The highest BCUT2D eigenvalue weighted by atomic mass is 16.2. The summed E-state index contributed by atoms with van der Waals surface area (Å²) in [4.78, 5) is 25.5. The Balaban J connectivity index is 1.44. The monoisotopic (exact) mass is 317 g/mol. The van der Waals surface area contributed by atoms with E-state index < -0.39 is 0 Å². The maximum Gasteiger partial charge on any atom is 0.317 e. The molecular weight excluding hydrogens is 290 g/mol. The van der Waals surface area contributed by atoms with Gasteiger partial charge in [-0.25, -0.2) is 4.79 Å². The lowest BCUT2D eigenvalue weighted by molar-refractivity contribution is 0.195. The Bertz CT molecular complexity index is 528. The average Bonchev–Trinajstić information content (AvgIpc) is 3.36. The third kappa shape index (κ3) is 4.64. The van der Waals surface area contributed by atoms with Crippen LogP contribution in [0.25, 0.3) is 0 Å². The van der Waals surface area contributed by atoms with E-state index in [2.05, 4.69) is 27.1 Å².